The van der Waals surface area contributed by atoms with Crippen LogP contribution in [0.25, 0.3) is 11.7 Å². The van der Waals surface area contributed by atoms with Crippen LogP contribution >= 0.6 is 0 Å². The second kappa shape index (κ2) is 6.41. The van der Waals surface area contributed by atoms with E-state index in [-0.39, 0.29) is 5.69 Å². The summed E-state index contributed by atoms with van der Waals surface area (Å²) in [6.45, 7) is 5.42. The molecule has 0 bridgehead atoms. The van der Waals surface area contributed by atoms with E-state index in [1.165, 1.54) is 0 Å². The summed E-state index contributed by atoms with van der Waals surface area (Å²) in [4.78, 5) is 8.47. The molecule has 1 aliphatic rings. The first-order chi connectivity index (χ1) is 12.2. The topological polar surface area (TPSA) is 108 Å². The van der Waals surface area contributed by atoms with Crippen LogP contribution in [0.2, 0.25) is 0 Å². The van der Waals surface area contributed by atoms with Crippen molar-refractivity contribution in [3.63, 3.8) is 0 Å². The number of aryl methyl sites for hydroxylation is 1. The normalized spacial score (nSPS) is 15.4. The Labute approximate surface area is 143 Å². The Morgan fingerprint density at radius 3 is 2.68 bits per heavy atom. The minimum atomic E-state index is 0.271. The van der Waals surface area contributed by atoms with E-state index in [0.717, 1.165) is 13.1 Å². The van der Waals surface area contributed by atoms with Crippen LogP contribution in [-0.4, -0.2) is 46.3 Å². The molecule has 1 aliphatic heterocycles. The van der Waals surface area contributed by atoms with Gasteiger partial charge in [0.15, 0.2) is 5.76 Å². The molecule has 0 N–H and O–H groups in total. The summed E-state index contributed by atoms with van der Waals surface area (Å²) in [7, 11) is 0. The van der Waals surface area contributed by atoms with Gasteiger partial charge >= 0.3 is 0 Å². The van der Waals surface area contributed by atoms with E-state index in [0.29, 0.717) is 49.0 Å². The van der Waals surface area contributed by atoms with Crippen LogP contribution in [0, 0.1) is 18.3 Å². The predicted octanol–water partition coefficient (Wildman–Crippen LogP) is 1.82. The smallest absolute Gasteiger partial charge is 0.266 e. The van der Waals surface area contributed by atoms with Crippen molar-refractivity contribution in [2.75, 3.05) is 31.1 Å². The third kappa shape index (κ3) is 3.12. The molecule has 0 spiro atoms. The molecule has 9 heteroatoms. The Kier molecular flexibility index (Phi) is 3.95. The van der Waals surface area contributed by atoms with Gasteiger partial charge in [0.25, 0.3) is 5.89 Å². The number of nitriles is 1. The number of furan rings is 1. The van der Waals surface area contributed by atoms with Crippen molar-refractivity contribution in [3.8, 4) is 17.7 Å². The zero-order chi connectivity index (χ0) is 17.2. The highest BCUT2D eigenvalue weighted by Gasteiger charge is 2.25. The quantitative estimate of drug-likeness (QED) is 0.702. The first-order valence-electron chi connectivity index (χ1n) is 7.94. The van der Waals surface area contributed by atoms with E-state index in [9.17, 15) is 5.26 Å². The molecule has 0 radical (unpaired) electrons. The van der Waals surface area contributed by atoms with Crippen LogP contribution in [0.15, 0.2) is 31.6 Å². The van der Waals surface area contributed by atoms with Crippen molar-refractivity contribution in [3.05, 3.63) is 35.9 Å². The molecule has 0 saturated carbocycles. The lowest BCUT2D eigenvalue weighted by Crippen LogP contribution is -2.46. The van der Waals surface area contributed by atoms with E-state index < -0.39 is 0 Å². The molecule has 0 aromatic carbocycles. The molecular weight excluding hydrogens is 324 g/mol. The maximum atomic E-state index is 9.34. The molecule has 3 aromatic rings. The zero-order valence-electron chi connectivity index (χ0n) is 13.7. The Hall–Kier alpha value is -3.12. The summed E-state index contributed by atoms with van der Waals surface area (Å²) in [5.74, 6) is 2.50. The van der Waals surface area contributed by atoms with E-state index in [1.807, 2.05) is 4.90 Å². The fourth-order valence-corrected chi connectivity index (χ4v) is 2.81. The van der Waals surface area contributed by atoms with Gasteiger partial charge in [0.2, 0.25) is 23.4 Å². The van der Waals surface area contributed by atoms with Crippen molar-refractivity contribution < 1.29 is 13.3 Å². The van der Waals surface area contributed by atoms with Gasteiger partial charge in [-0.15, -0.1) is 10.2 Å². The maximum Gasteiger partial charge on any atom is 0.266 e. The van der Waals surface area contributed by atoms with Gasteiger partial charge in [-0.05, 0) is 12.1 Å². The summed E-state index contributed by atoms with van der Waals surface area (Å²) in [6.07, 6.45) is 1.54. The monoisotopic (exact) mass is 340 g/mol. The number of hydrogen-bond acceptors (Lipinski definition) is 9. The summed E-state index contributed by atoms with van der Waals surface area (Å²) in [5.41, 5.74) is 0.271. The molecule has 0 amide bonds. The van der Waals surface area contributed by atoms with Gasteiger partial charge in [0.05, 0.1) is 12.8 Å². The third-order valence-electron chi connectivity index (χ3n) is 4.03. The molecule has 1 fully saturated rings. The van der Waals surface area contributed by atoms with Gasteiger partial charge in [-0.2, -0.15) is 10.2 Å². The molecule has 0 unspecified atom stereocenters. The van der Waals surface area contributed by atoms with Crippen LogP contribution in [0.1, 0.15) is 17.5 Å². The first kappa shape index (κ1) is 15.4. The minimum Gasteiger partial charge on any atom is -0.459 e. The van der Waals surface area contributed by atoms with Gasteiger partial charge in [-0.3, -0.25) is 4.90 Å². The second-order valence-corrected chi connectivity index (χ2v) is 5.74. The molecule has 9 nitrogen and oxygen atoms in total. The van der Waals surface area contributed by atoms with E-state index >= 15 is 0 Å². The van der Waals surface area contributed by atoms with Gasteiger partial charge in [-0.25, -0.2) is 0 Å². The summed E-state index contributed by atoms with van der Waals surface area (Å²) in [6, 6.07) is 5.60. The van der Waals surface area contributed by atoms with Gasteiger partial charge < -0.3 is 18.2 Å². The molecule has 0 aliphatic carbocycles. The predicted molar refractivity (Wildman–Crippen MR) is 85.4 cm³/mol. The van der Waals surface area contributed by atoms with Gasteiger partial charge in [-0.1, -0.05) is 0 Å². The summed E-state index contributed by atoms with van der Waals surface area (Å²) < 4.78 is 16.5. The number of anilines is 1. The highest BCUT2D eigenvalue weighted by atomic mass is 16.4. The first-order valence-corrected chi connectivity index (χ1v) is 7.94. The summed E-state index contributed by atoms with van der Waals surface area (Å²) >= 11 is 0. The SMILES string of the molecule is Cc1nnc(CN2CCN(c3oc(-c4ccco4)nc3C#N)CC2)o1. The van der Waals surface area contributed by atoms with Gasteiger partial charge in [0.1, 0.15) is 6.07 Å². The average Bonchev–Trinajstić information content (AvgIpc) is 3.35. The molecular formula is C16H16N6O3. The van der Waals surface area contributed by atoms with Crippen LogP contribution in [0.3, 0.4) is 0 Å². The van der Waals surface area contributed by atoms with Crippen LogP contribution < -0.4 is 4.90 Å². The molecule has 25 heavy (non-hydrogen) atoms. The molecule has 1 saturated heterocycles. The lowest BCUT2D eigenvalue weighted by molar-refractivity contribution is 0.222. The van der Waals surface area contributed by atoms with Crippen LogP contribution in [0.4, 0.5) is 5.88 Å². The Bertz CT molecular complexity index is 884. The van der Waals surface area contributed by atoms with Gasteiger partial charge in [0, 0.05) is 33.1 Å². The fraction of sp³-hybridized carbons (Fsp3) is 0.375. The molecule has 4 rings (SSSR count). The lowest BCUT2D eigenvalue weighted by Gasteiger charge is -2.33. The van der Waals surface area contributed by atoms with Crippen molar-refractivity contribution in [2.45, 2.75) is 13.5 Å². The highest BCUT2D eigenvalue weighted by molar-refractivity contribution is 5.55. The minimum absolute atomic E-state index is 0.271. The highest BCUT2D eigenvalue weighted by Crippen LogP contribution is 2.29. The van der Waals surface area contributed by atoms with Crippen molar-refractivity contribution >= 4 is 5.88 Å². The lowest BCUT2D eigenvalue weighted by atomic mass is 10.3. The largest absolute Gasteiger partial charge is 0.459 e. The van der Waals surface area contributed by atoms with Crippen molar-refractivity contribution in [1.29, 1.82) is 5.26 Å². The number of nitrogens with zero attached hydrogens (tertiary/aromatic N) is 6. The average molecular weight is 340 g/mol. The number of aromatic nitrogens is 3. The van der Waals surface area contributed by atoms with E-state index in [4.69, 9.17) is 13.3 Å². The molecule has 128 valence electrons. The maximum absolute atomic E-state index is 9.34. The number of piperazine rings is 1. The Morgan fingerprint density at radius 1 is 1.20 bits per heavy atom. The van der Waals surface area contributed by atoms with Crippen LogP contribution in [0.5, 0.6) is 0 Å². The van der Waals surface area contributed by atoms with Crippen molar-refractivity contribution in [2.24, 2.45) is 0 Å². The number of rotatable bonds is 4. The van der Waals surface area contributed by atoms with Crippen molar-refractivity contribution in [1.82, 2.24) is 20.1 Å². The molecule has 0 atom stereocenters. The van der Waals surface area contributed by atoms with E-state index in [2.05, 4.69) is 26.2 Å². The standard InChI is InChI=1S/C16H16N6O3/c1-11-19-20-14(24-11)10-21-4-6-22(7-5-21)16-12(9-17)18-15(25-16)13-3-2-8-23-13/h2-3,8H,4-7,10H2,1H3. The summed E-state index contributed by atoms with van der Waals surface area (Å²) in [5, 5.41) is 17.2. The molecule has 4 heterocycles. The second-order valence-electron chi connectivity index (χ2n) is 5.74. The van der Waals surface area contributed by atoms with E-state index in [1.54, 1.807) is 25.3 Å². The third-order valence-corrected chi connectivity index (χ3v) is 4.03. The Balaban J connectivity index is 1.44. The molecule has 3 aromatic heterocycles. The Morgan fingerprint density at radius 2 is 2.04 bits per heavy atom. The zero-order valence-corrected chi connectivity index (χ0v) is 13.7. The fourth-order valence-electron chi connectivity index (χ4n) is 2.81. The van der Waals surface area contributed by atoms with Crippen LogP contribution in [-0.2, 0) is 6.54 Å². The number of oxazole rings is 1. The number of hydrogen-bond donors (Lipinski definition) is 0.